The maximum atomic E-state index is 6.41. The van der Waals surface area contributed by atoms with Gasteiger partial charge in [-0.1, -0.05) is 41.7 Å². The van der Waals surface area contributed by atoms with Gasteiger partial charge in [0.1, 0.15) is 9.88 Å². The first kappa shape index (κ1) is 18.3. The molecule has 1 aromatic carbocycles. The number of benzene rings is 1. The predicted octanol–water partition coefficient (Wildman–Crippen LogP) is 4.97. The predicted molar refractivity (Wildman–Crippen MR) is 102 cm³/mol. The lowest BCUT2D eigenvalue weighted by atomic mass is 9.99. The molecule has 0 unspecified atom stereocenters. The van der Waals surface area contributed by atoms with Crippen LogP contribution in [-0.4, -0.2) is 15.1 Å². The van der Waals surface area contributed by atoms with Gasteiger partial charge >= 0.3 is 0 Å². The zero-order chi connectivity index (χ0) is 16.7. The van der Waals surface area contributed by atoms with Gasteiger partial charge in [0, 0.05) is 10.6 Å². The van der Waals surface area contributed by atoms with E-state index in [9.17, 15) is 0 Å². The van der Waals surface area contributed by atoms with Gasteiger partial charge in [0.15, 0.2) is 5.82 Å². The Morgan fingerprint density at radius 3 is 2.72 bits per heavy atom. The summed E-state index contributed by atoms with van der Waals surface area (Å²) in [4.78, 5) is 10.1. The molecular weight excluding hydrogens is 379 g/mol. The molecule has 8 heteroatoms. The molecule has 132 valence electrons. The minimum atomic E-state index is -0.448. The summed E-state index contributed by atoms with van der Waals surface area (Å²) >= 11 is 7.59. The van der Waals surface area contributed by atoms with E-state index in [2.05, 4.69) is 15.1 Å². The van der Waals surface area contributed by atoms with Crippen molar-refractivity contribution in [2.75, 3.05) is 0 Å². The topological polar surface area (TPSA) is 77.8 Å². The summed E-state index contributed by atoms with van der Waals surface area (Å²) in [5.41, 5.74) is 7.81. The molecule has 1 aliphatic carbocycles. The van der Waals surface area contributed by atoms with Gasteiger partial charge in [-0.25, -0.2) is 4.98 Å². The summed E-state index contributed by atoms with van der Waals surface area (Å²) in [6, 6.07) is 7.65. The van der Waals surface area contributed by atoms with Crippen LogP contribution in [0.5, 0.6) is 0 Å². The van der Waals surface area contributed by atoms with Gasteiger partial charge in [-0.3, -0.25) is 0 Å². The molecule has 1 saturated carbocycles. The molecule has 4 rings (SSSR count). The van der Waals surface area contributed by atoms with Crippen LogP contribution in [0.15, 0.2) is 28.8 Å². The molecule has 0 aliphatic heterocycles. The number of nitrogens with two attached hydrogens (primary N) is 1. The second-order valence-electron chi connectivity index (χ2n) is 6.23. The van der Waals surface area contributed by atoms with Crippen LogP contribution in [0.4, 0.5) is 0 Å². The maximum absolute atomic E-state index is 6.41. The quantitative estimate of drug-likeness (QED) is 0.675. The normalized spacial score (nSPS) is 16.0. The fourth-order valence-corrected chi connectivity index (χ4v) is 4.26. The molecule has 2 aromatic heterocycles. The molecule has 2 N–H and O–H groups in total. The van der Waals surface area contributed by atoms with Crippen LogP contribution in [0.1, 0.15) is 37.2 Å². The lowest BCUT2D eigenvalue weighted by molar-refractivity contribution is 0.373. The van der Waals surface area contributed by atoms with Crippen molar-refractivity contribution in [1.29, 1.82) is 0 Å². The first-order chi connectivity index (χ1) is 11.5. The molecule has 0 amide bonds. The van der Waals surface area contributed by atoms with Crippen LogP contribution in [0.25, 0.3) is 21.3 Å². The molecule has 0 atom stereocenters. The van der Waals surface area contributed by atoms with Gasteiger partial charge in [-0.2, -0.15) is 4.98 Å². The minimum absolute atomic E-state index is 0. The second-order valence-corrected chi connectivity index (χ2v) is 7.67. The first-order valence-electron chi connectivity index (χ1n) is 7.92. The molecule has 1 fully saturated rings. The molecule has 1 aliphatic rings. The summed E-state index contributed by atoms with van der Waals surface area (Å²) in [6.07, 6.45) is 4.03. The van der Waals surface area contributed by atoms with Crippen molar-refractivity contribution >= 4 is 35.3 Å². The summed E-state index contributed by atoms with van der Waals surface area (Å²) in [6.45, 7) is 1.94. The van der Waals surface area contributed by atoms with Gasteiger partial charge in [0.05, 0.1) is 11.2 Å². The molecule has 0 radical (unpaired) electrons. The van der Waals surface area contributed by atoms with E-state index in [1.807, 2.05) is 31.2 Å². The molecule has 2 heterocycles. The number of aromatic nitrogens is 3. The van der Waals surface area contributed by atoms with Crippen LogP contribution in [0.2, 0.25) is 5.02 Å². The Balaban J connectivity index is 0.00000182. The Labute approximate surface area is 161 Å². The highest BCUT2D eigenvalue weighted by Gasteiger charge is 2.36. The Kier molecular flexibility index (Phi) is 5.16. The van der Waals surface area contributed by atoms with Crippen molar-refractivity contribution in [3.63, 3.8) is 0 Å². The largest absolute Gasteiger partial charge is 0.333 e. The van der Waals surface area contributed by atoms with Gasteiger partial charge in [0.2, 0.25) is 0 Å². The van der Waals surface area contributed by atoms with Gasteiger partial charge in [0.25, 0.3) is 5.89 Å². The average Bonchev–Trinajstić information content (AvgIpc) is 3.27. The summed E-state index contributed by atoms with van der Waals surface area (Å²) in [7, 11) is 0. The lowest BCUT2D eigenvalue weighted by Crippen LogP contribution is -2.34. The Morgan fingerprint density at radius 2 is 2.00 bits per heavy atom. The number of hydrogen-bond donors (Lipinski definition) is 1. The number of nitrogens with zero attached hydrogens (tertiary/aromatic N) is 3. The smallest absolute Gasteiger partial charge is 0.270 e. The summed E-state index contributed by atoms with van der Waals surface area (Å²) < 4.78 is 5.49. The first-order valence-corrected chi connectivity index (χ1v) is 9.11. The van der Waals surface area contributed by atoms with Crippen molar-refractivity contribution in [2.45, 2.75) is 38.1 Å². The molecule has 25 heavy (non-hydrogen) atoms. The Morgan fingerprint density at radius 1 is 1.24 bits per heavy atom. The minimum Gasteiger partial charge on any atom is -0.333 e. The number of halogens is 2. The van der Waals surface area contributed by atoms with E-state index in [1.165, 1.54) is 11.3 Å². The van der Waals surface area contributed by atoms with Crippen LogP contribution >= 0.6 is 35.3 Å². The van der Waals surface area contributed by atoms with Crippen LogP contribution < -0.4 is 5.73 Å². The summed E-state index contributed by atoms with van der Waals surface area (Å²) in [5.74, 6) is 1.09. The van der Waals surface area contributed by atoms with E-state index in [1.54, 1.807) is 0 Å². The zero-order valence-corrected chi connectivity index (χ0v) is 16.0. The molecule has 5 nitrogen and oxygen atoms in total. The Bertz CT molecular complexity index is 886. The van der Waals surface area contributed by atoms with Crippen molar-refractivity contribution in [3.05, 3.63) is 40.8 Å². The van der Waals surface area contributed by atoms with E-state index >= 15 is 0 Å². The van der Waals surface area contributed by atoms with E-state index in [-0.39, 0.29) is 12.4 Å². The fraction of sp³-hybridized carbons (Fsp3) is 0.353. The van der Waals surface area contributed by atoms with Crippen LogP contribution in [0.3, 0.4) is 0 Å². The monoisotopic (exact) mass is 396 g/mol. The molecule has 0 saturated heterocycles. The zero-order valence-electron chi connectivity index (χ0n) is 13.7. The maximum Gasteiger partial charge on any atom is 0.270 e. The van der Waals surface area contributed by atoms with Gasteiger partial charge in [-0.05, 0) is 31.9 Å². The SMILES string of the molecule is Cc1nc(-c2cccc(Cl)c2)sc1-c1nc(C2(N)CCCC2)no1.Cl. The number of thiazole rings is 1. The average molecular weight is 397 g/mol. The molecular formula is C17H18Cl2N4OS. The highest BCUT2D eigenvalue weighted by molar-refractivity contribution is 7.18. The van der Waals surface area contributed by atoms with Crippen LogP contribution in [-0.2, 0) is 5.54 Å². The third-order valence-electron chi connectivity index (χ3n) is 4.43. The van der Waals surface area contributed by atoms with E-state index in [4.69, 9.17) is 21.9 Å². The van der Waals surface area contributed by atoms with Crippen molar-refractivity contribution in [2.24, 2.45) is 5.73 Å². The highest BCUT2D eigenvalue weighted by atomic mass is 35.5. The molecule has 3 aromatic rings. The number of hydrogen-bond acceptors (Lipinski definition) is 6. The van der Waals surface area contributed by atoms with Crippen LogP contribution in [0, 0.1) is 6.92 Å². The van der Waals surface area contributed by atoms with Gasteiger partial charge in [-0.15, -0.1) is 23.7 Å². The van der Waals surface area contributed by atoms with Gasteiger partial charge < -0.3 is 10.3 Å². The number of aryl methyl sites for hydroxylation is 1. The third-order valence-corrected chi connectivity index (χ3v) is 5.86. The van der Waals surface area contributed by atoms with Crippen molar-refractivity contribution in [1.82, 2.24) is 15.1 Å². The Hall–Kier alpha value is -1.47. The fourth-order valence-electron chi connectivity index (χ4n) is 3.09. The number of rotatable bonds is 3. The van der Waals surface area contributed by atoms with E-state index in [0.29, 0.717) is 16.7 Å². The van der Waals surface area contributed by atoms with E-state index < -0.39 is 5.54 Å². The lowest BCUT2D eigenvalue weighted by Gasteiger charge is -2.17. The van der Waals surface area contributed by atoms with Crippen molar-refractivity contribution in [3.8, 4) is 21.3 Å². The third kappa shape index (κ3) is 3.44. The molecule has 0 spiro atoms. The van der Waals surface area contributed by atoms with Crippen molar-refractivity contribution < 1.29 is 4.52 Å². The molecule has 0 bridgehead atoms. The standard InChI is InChI=1S/C17H17ClN4OS.ClH/c1-10-13(24-15(20-10)11-5-4-6-12(18)9-11)14-21-16(22-23-14)17(19)7-2-3-8-17;/h4-6,9H,2-3,7-8,19H2,1H3;1H. The summed E-state index contributed by atoms with van der Waals surface area (Å²) in [5, 5.41) is 5.70. The highest BCUT2D eigenvalue weighted by Crippen LogP contribution is 2.38. The second kappa shape index (κ2) is 7.03. The van der Waals surface area contributed by atoms with E-state index in [0.717, 1.165) is 46.8 Å².